The highest BCUT2D eigenvalue weighted by Crippen LogP contribution is 2.28. The molecule has 160 valence electrons. The number of hydrogen-bond donors (Lipinski definition) is 1. The molecule has 3 aromatic carbocycles. The first-order valence-corrected chi connectivity index (χ1v) is 9.71. The van der Waals surface area contributed by atoms with E-state index in [1.165, 1.54) is 19.4 Å². The van der Waals surface area contributed by atoms with Gasteiger partial charge in [0.15, 0.2) is 11.5 Å². The van der Waals surface area contributed by atoms with Crippen molar-refractivity contribution < 1.29 is 23.4 Å². The molecule has 31 heavy (non-hydrogen) atoms. The van der Waals surface area contributed by atoms with Crippen molar-refractivity contribution in [3.63, 3.8) is 0 Å². The molecule has 3 aromatic rings. The molecule has 0 unspecified atom stereocenters. The molecule has 0 bridgehead atoms. The van der Waals surface area contributed by atoms with E-state index in [4.69, 9.17) is 14.2 Å². The Labute approximate surface area is 180 Å². The van der Waals surface area contributed by atoms with E-state index >= 15 is 0 Å². The first-order valence-electron chi connectivity index (χ1n) is 9.71. The van der Waals surface area contributed by atoms with Crippen molar-refractivity contribution in [2.24, 2.45) is 5.10 Å². The van der Waals surface area contributed by atoms with Crippen LogP contribution in [0.1, 0.15) is 28.4 Å². The van der Waals surface area contributed by atoms with E-state index in [1.54, 1.807) is 54.6 Å². The Morgan fingerprint density at radius 1 is 1.03 bits per heavy atom. The van der Waals surface area contributed by atoms with Gasteiger partial charge in [-0.15, -0.1) is 0 Å². The van der Waals surface area contributed by atoms with Crippen molar-refractivity contribution in [1.82, 2.24) is 5.43 Å². The number of carbonyl (C=O) groups excluding carboxylic acids is 1. The lowest BCUT2D eigenvalue weighted by Gasteiger charge is -2.10. The predicted molar refractivity (Wildman–Crippen MR) is 116 cm³/mol. The van der Waals surface area contributed by atoms with Crippen molar-refractivity contribution in [2.75, 3.05) is 13.7 Å². The molecule has 6 nitrogen and oxygen atoms in total. The fourth-order valence-electron chi connectivity index (χ4n) is 2.77. The van der Waals surface area contributed by atoms with Crippen LogP contribution in [0, 0.1) is 5.82 Å². The maximum absolute atomic E-state index is 13.7. The smallest absolute Gasteiger partial charge is 0.271 e. The standard InChI is InChI=1S/C24H23FN2O4/c1-3-30-22-12-11-18(14-23(22)29-2)24(28)27-26-15-17-7-6-9-20(13-17)31-16-19-8-4-5-10-21(19)25/h4-15H,3,16H2,1-2H3,(H,27,28)/b26-15+. The number of methoxy groups -OCH3 is 1. The fraction of sp³-hybridized carbons (Fsp3) is 0.167. The molecule has 0 aliphatic rings. The zero-order valence-corrected chi connectivity index (χ0v) is 17.3. The summed E-state index contributed by atoms with van der Waals surface area (Å²) in [5.41, 5.74) is 4.06. The molecule has 7 heteroatoms. The molecule has 0 saturated carbocycles. The number of rotatable bonds is 9. The van der Waals surface area contributed by atoms with Crippen molar-refractivity contribution in [3.05, 3.63) is 89.2 Å². The van der Waals surface area contributed by atoms with Crippen LogP contribution in [-0.4, -0.2) is 25.8 Å². The van der Waals surface area contributed by atoms with Crippen LogP contribution in [0.25, 0.3) is 0 Å². The zero-order valence-electron chi connectivity index (χ0n) is 17.3. The van der Waals surface area contributed by atoms with Gasteiger partial charge in [-0.25, -0.2) is 9.82 Å². The number of nitrogens with one attached hydrogen (secondary N) is 1. The van der Waals surface area contributed by atoms with Crippen LogP contribution in [0.3, 0.4) is 0 Å². The molecule has 3 rings (SSSR count). The Morgan fingerprint density at radius 3 is 2.65 bits per heavy atom. The largest absolute Gasteiger partial charge is 0.493 e. The monoisotopic (exact) mass is 422 g/mol. The molecule has 0 aliphatic carbocycles. The lowest BCUT2D eigenvalue weighted by Crippen LogP contribution is -2.17. The summed E-state index contributed by atoms with van der Waals surface area (Å²) in [6.45, 7) is 2.48. The van der Waals surface area contributed by atoms with Crippen LogP contribution in [-0.2, 0) is 6.61 Å². The Bertz CT molecular complexity index is 1070. The molecule has 0 saturated heterocycles. The summed E-state index contributed by atoms with van der Waals surface area (Å²) >= 11 is 0. The molecule has 0 spiro atoms. The van der Waals surface area contributed by atoms with Crippen molar-refractivity contribution >= 4 is 12.1 Å². The van der Waals surface area contributed by atoms with Gasteiger partial charge in [-0.3, -0.25) is 4.79 Å². The molecule has 0 radical (unpaired) electrons. The summed E-state index contributed by atoms with van der Waals surface area (Å²) in [4.78, 5) is 12.3. The van der Waals surface area contributed by atoms with Crippen molar-refractivity contribution in [2.45, 2.75) is 13.5 Å². The van der Waals surface area contributed by atoms with Crippen LogP contribution < -0.4 is 19.6 Å². The quantitative estimate of drug-likeness (QED) is 0.405. The lowest BCUT2D eigenvalue weighted by atomic mass is 10.2. The molecular weight excluding hydrogens is 399 g/mol. The van der Waals surface area contributed by atoms with Gasteiger partial charge in [0.25, 0.3) is 5.91 Å². The van der Waals surface area contributed by atoms with Gasteiger partial charge in [0.2, 0.25) is 0 Å². The van der Waals surface area contributed by atoms with Crippen LogP contribution in [0.5, 0.6) is 17.2 Å². The molecule has 0 heterocycles. The molecule has 0 atom stereocenters. The van der Waals surface area contributed by atoms with Gasteiger partial charge in [0.1, 0.15) is 18.2 Å². The number of benzene rings is 3. The van der Waals surface area contributed by atoms with Crippen molar-refractivity contribution in [1.29, 1.82) is 0 Å². The van der Waals surface area contributed by atoms with Crippen LogP contribution in [0.2, 0.25) is 0 Å². The van der Waals surface area contributed by atoms with Gasteiger partial charge in [0.05, 0.1) is 19.9 Å². The molecule has 0 aromatic heterocycles. The van der Waals surface area contributed by atoms with Crippen LogP contribution >= 0.6 is 0 Å². The SMILES string of the molecule is CCOc1ccc(C(=O)N/N=C/c2cccc(OCc3ccccc3F)c2)cc1OC. The van der Waals surface area contributed by atoms with E-state index in [2.05, 4.69) is 10.5 Å². The number of halogens is 1. The van der Waals surface area contributed by atoms with E-state index in [9.17, 15) is 9.18 Å². The summed E-state index contributed by atoms with van der Waals surface area (Å²) in [7, 11) is 1.51. The average Bonchev–Trinajstić information content (AvgIpc) is 2.79. The first kappa shape index (κ1) is 21.8. The third-order valence-corrected chi connectivity index (χ3v) is 4.32. The minimum Gasteiger partial charge on any atom is -0.493 e. The molecule has 0 aliphatic heterocycles. The number of nitrogens with zero attached hydrogens (tertiary/aromatic N) is 1. The zero-order chi connectivity index (χ0) is 22.1. The summed E-state index contributed by atoms with van der Waals surface area (Å²) in [5, 5.41) is 3.99. The summed E-state index contributed by atoms with van der Waals surface area (Å²) in [6.07, 6.45) is 1.50. The third kappa shape index (κ3) is 6.05. The first-order chi connectivity index (χ1) is 15.1. The highest BCUT2D eigenvalue weighted by molar-refractivity contribution is 5.95. The van der Waals surface area contributed by atoms with E-state index in [-0.39, 0.29) is 18.3 Å². The Morgan fingerprint density at radius 2 is 1.87 bits per heavy atom. The highest BCUT2D eigenvalue weighted by Gasteiger charge is 2.10. The van der Waals surface area contributed by atoms with E-state index in [0.29, 0.717) is 35.0 Å². The van der Waals surface area contributed by atoms with E-state index in [1.807, 2.05) is 13.0 Å². The number of amides is 1. The Balaban J connectivity index is 1.60. The summed E-state index contributed by atoms with van der Waals surface area (Å²) < 4.78 is 30.1. The maximum Gasteiger partial charge on any atom is 0.271 e. The van der Waals surface area contributed by atoms with Gasteiger partial charge in [-0.2, -0.15) is 5.10 Å². The number of carbonyl (C=O) groups is 1. The third-order valence-electron chi connectivity index (χ3n) is 4.32. The lowest BCUT2D eigenvalue weighted by molar-refractivity contribution is 0.0954. The highest BCUT2D eigenvalue weighted by atomic mass is 19.1. The van der Waals surface area contributed by atoms with Gasteiger partial charge < -0.3 is 14.2 Å². The summed E-state index contributed by atoms with van der Waals surface area (Å²) in [5.74, 6) is 0.906. The number of ether oxygens (including phenoxy) is 3. The predicted octanol–water partition coefficient (Wildman–Crippen LogP) is 4.58. The second kappa shape index (κ2) is 10.8. The molecule has 1 amide bonds. The van der Waals surface area contributed by atoms with Gasteiger partial charge in [-0.1, -0.05) is 30.3 Å². The maximum atomic E-state index is 13.7. The molecular formula is C24H23FN2O4. The van der Waals surface area contributed by atoms with Gasteiger partial charge in [-0.05, 0) is 48.9 Å². The molecule has 0 fully saturated rings. The second-order valence-electron chi connectivity index (χ2n) is 6.45. The van der Waals surface area contributed by atoms with Gasteiger partial charge >= 0.3 is 0 Å². The van der Waals surface area contributed by atoms with Crippen LogP contribution in [0.15, 0.2) is 71.8 Å². The van der Waals surface area contributed by atoms with Crippen LogP contribution in [0.4, 0.5) is 4.39 Å². The molecule has 1 N–H and O–H groups in total. The fourth-order valence-corrected chi connectivity index (χ4v) is 2.77. The normalized spacial score (nSPS) is 10.7. The second-order valence-corrected chi connectivity index (χ2v) is 6.45. The minimum absolute atomic E-state index is 0.115. The van der Waals surface area contributed by atoms with E-state index in [0.717, 1.165) is 5.56 Å². The number of hydrogen-bond acceptors (Lipinski definition) is 5. The Kier molecular flexibility index (Phi) is 7.59. The average molecular weight is 422 g/mol. The summed E-state index contributed by atoms with van der Waals surface area (Å²) in [6, 6.07) is 18.5. The van der Waals surface area contributed by atoms with Gasteiger partial charge in [0, 0.05) is 11.1 Å². The minimum atomic E-state index is -0.385. The number of hydrazone groups is 1. The Hall–Kier alpha value is -3.87. The van der Waals surface area contributed by atoms with E-state index < -0.39 is 0 Å². The topological polar surface area (TPSA) is 69.2 Å². The van der Waals surface area contributed by atoms with Crippen molar-refractivity contribution in [3.8, 4) is 17.2 Å².